The van der Waals surface area contributed by atoms with E-state index in [1.54, 1.807) is 0 Å². The van der Waals surface area contributed by atoms with E-state index in [2.05, 4.69) is 21.2 Å². The molecule has 5 heteroatoms. The number of anilines is 1. The predicted octanol–water partition coefficient (Wildman–Crippen LogP) is 4.88. The van der Waals surface area contributed by atoms with Gasteiger partial charge in [0.2, 0.25) is 0 Å². The maximum atomic E-state index is 6.28. The molecule has 0 saturated heterocycles. The zero-order valence-electron chi connectivity index (χ0n) is 11.4. The van der Waals surface area contributed by atoms with Crippen molar-refractivity contribution < 1.29 is 9.47 Å². The van der Waals surface area contributed by atoms with Crippen LogP contribution < -0.4 is 14.8 Å². The smallest absolute Gasteiger partial charge is 0.179 e. The molecule has 2 aromatic carbocycles. The first-order valence-electron chi connectivity index (χ1n) is 6.80. The van der Waals surface area contributed by atoms with Crippen LogP contribution >= 0.6 is 27.5 Å². The number of benzene rings is 2. The van der Waals surface area contributed by atoms with Gasteiger partial charge in [0.25, 0.3) is 0 Å². The Kier molecular flexibility index (Phi) is 4.56. The van der Waals surface area contributed by atoms with E-state index >= 15 is 0 Å². The second kappa shape index (κ2) is 6.58. The van der Waals surface area contributed by atoms with Gasteiger partial charge in [0, 0.05) is 23.1 Å². The molecule has 3 nitrogen and oxygen atoms in total. The normalized spacial score (nSPS) is 13.6. The molecular formula is C16H15BrClNO2. The summed E-state index contributed by atoms with van der Waals surface area (Å²) in [6.45, 7) is 1.98. The zero-order valence-corrected chi connectivity index (χ0v) is 13.7. The highest BCUT2D eigenvalue weighted by atomic mass is 79.9. The summed E-state index contributed by atoms with van der Waals surface area (Å²) in [5, 5.41) is 3.96. The molecule has 1 aliphatic heterocycles. The molecule has 0 bridgehead atoms. The topological polar surface area (TPSA) is 30.5 Å². The van der Waals surface area contributed by atoms with Crippen molar-refractivity contribution in [1.29, 1.82) is 0 Å². The van der Waals surface area contributed by atoms with Gasteiger partial charge in [-0.3, -0.25) is 0 Å². The van der Waals surface area contributed by atoms with Crippen LogP contribution in [0.4, 0.5) is 5.69 Å². The van der Waals surface area contributed by atoms with Crippen molar-refractivity contribution in [3.63, 3.8) is 0 Å². The Balaban J connectivity index is 1.75. The molecule has 0 atom stereocenters. The Morgan fingerprint density at radius 2 is 1.86 bits per heavy atom. The third-order valence-electron chi connectivity index (χ3n) is 3.20. The molecule has 1 aliphatic rings. The molecule has 0 fully saturated rings. The number of halogens is 2. The first-order chi connectivity index (χ1) is 10.2. The van der Waals surface area contributed by atoms with Crippen LogP contribution in [0, 0.1) is 0 Å². The van der Waals surface area contributed by atoms with Crippen LogP contribution in [0.2, 0.25) is 5.02 Å². The summed E-state index contributed by atoms with van der Waals surface area (Å²) < 4.78 is 12.4. The lowest BCUT2D eigenvalue weighted by atomic mass is 10.2. The van der Waals surface area contributed by atoms with Gasteiger partial charge in [0.1, 0.15) is 0 Å². The lowest BCUT2D eigenvalue weighted by Crippen LogP contribution is -2.01. The molecule has 0 radical (unpaired) electrons. The van der Waals surface area contributed by atoms with Crippen molar-refractivity contribution in [3.8, 4) is 11.5 Å². The van der Waals surface area contributed by atoms with Crippen molar-refractivity contribution in [2.75, 3.05) is 18.5 Å². The first kappa shape index (κ1) is 14.5. The van der Waals surface area contributed by atoms with Gasteiger partial charge in [-0.15, -0.1) is 0 Å². The maximum absolute atomic E-state index is 6.28. The number of rotatable bonds is 3. The van der Waals surface area contributed by atoms with Crippen LogP contribution in [0.1, 0.15) is 12.0 Å². The van der Waals surface area contributed by atoms with Crippen LogP contribution in [-0.4, -0.2) is 13.2 Å². The third kappa shape index (κ3) is 3.63. The fourth-order valence-electron chi connectivity index (χ4n) is 2.16. The second-order valence-corrected chi connectivity index (χ2v) is 6.14. The summed E-state index contributed by atoms with van der Waals surface area (Å²) in [7, 11) is 0. The molecular weight excluding hydrogens is 354 g/mol. The number of nitrogens with one attached hydrogen (secondary N) is 1. The summed E-state index contributed by atoms with van der Waals surface area (Å²) in [4.78, 5) is 0. The number of hydrogen-bond donors (Lipinski definition) is 1. The van der Waals surface area contributed by atoms with E-state index in [0.717, 1.165) is 27.9 Å². The van der Waals surface area contributed by atoms with E-state index in [1.807, 2.05) is 36.4 Å². The molecule has 0 saturated carbocycles. The van der Waals surface area contributed by atoms with Crippen molar-refractivity contribution in [2.24, 2.45) is 0 Å². The Morgan fingerprint density at radius 3 is 2.67 bits per heavy atom. The van der Waals surface area contributed by atoms with Crippen molar-refractivity contribution in [3.05, 3.63) is 51.5 Å². The minimum atomic E-state index is 0.599. The predicted molar refractivity (Wildman–Crippen MR) is 88.5 cm³/mol. The standard InChI is InChI=1S/C16H15BrClNO2/c17-12-2-4-13(5-3-12)19-10-11-8-14(18)16-15(9-11)20-6-1-7-21-16/h2-5,8-9,19H,1,6-7,10H2. The van der Waals surface area contributed by atoms with Crippen LogP contribution in [-0.2, 0) is 6.54 Å². The van der Waals surface area contributed by atoms with E-state index < -0.39 is 0 Å². The van der Waals surface area contributed by atoms with Gasteiger partial charge in [0.05, 0.1) is 18.2 Å². The van der Waals surface area contributed by atoms with Crippen molar-refractivity contribution in [2.45, 2.75) is 13.0 Å². The minimum absolute atomic E-state index is 0.599. The summed E-state index contributed by atoms with van der Waals surface area (Å²) in [5.41, 5.74) is 2.12. The van der Waals surface area contributed by atoms with E-state index in [4.69, 9.17) is 21.1 Å². The highest BCUT2D eigenvalue weighted by molar-refractivity contribution is 9.10. The molecule has 0 aromatic heterocycles. The monoisotopic (exact) mass is 367 g/mol. The minimum Gasteiger partial charge on any atom is -0.489 e. The summed E-state index contributed by atoms with van der Waals surface area (Å²) in [6.07, 6.45) is 0.873. The van der Waals surface area contributed by atoms with Gasteiger partial charge >= 0.3 is 0 Å². The van der Waals surface area contributed by atoms with Crippen LogP contribution in [0.3, 0.4) is 0 Å². The molecule has 110 valence electrons. The Labute approximate surface area is 137 Å². The van der Waals surface area contributed by atoms with Crippen LogP contribution in [0.15, 0.2) is 40.9 Å². The van der Waals surface area contributed by atoms with E-state index in [1.165, 1.54) is 0 Å². The number of hydrogen-bond acceptors (Lipinski definition) is 3. The molecule has 3 rings (SSSR count). The molecule has 1 N–H and O–H groups in total. The molecule has 0 unspecified atom stereocenters. The van der Waals surface area contributed by atoms with Gasteiger partial charge in [-0.05, 0) is 42.0 Å². The molecule has 1 heterocycles. The Bertz CT molecular complexity index is 631. The van der Waals surface area contributed by atoms with Gasteiger partial charge in [-0.1, -0.05) is 27.5 Å². The molecule has 0 spiro atoms. The third-order valence-corrected chi connectivity index (χ3v) is 4.01. The lowest BCUT2D eigenvalue weighted by Gasteiger charge is -2.12. The molecule has 0 aliphatic carbocycles. The molecule has 2 aromatic rings. The van der Waals surface area contributed by atoms with Crippen LogP contribution in [0.5, 0.6) is 11.5 Å². The van der Waals surface area contributed by atoms with E-state index in [-0.39, 0.29) is 0 Å². The van der Waals surface area contributed by atoms with Crippen molar-refractivity contribution in [1.82, 2.24) is 0 Å². The van der Waals surface area contributed by atoms with Gasteiger partial charge in [-0.2, -0.15) is 0 Å². The zero-order chi connectivity index (χ0) is 14.7. The van der Waals surface area contributed by atoms with Gasteiger partial charge in [0.15, 0.2) is 11.5 Å². The molecule has 21 heavy (non-hydrogen) atoms. The van der Waals surface area contributed by atoms with Crippen LogP contribution in [0.25, 0.3) is 0 Å². The summed E-state index contributed by atoms with van der Waals surface area (Å²) >= 11 is 9.71. The van der Waals surface area contributed by atoms with E-state index in [0.29, 0.717) is 30.5 Å². The SMILES string of the molecule is Clc1cc(CNc2ccc(Br)cc2)cc2c1OCCCO2. The quantitative estimate of drug-likeness (QED) is 0.838. The number of ether oxygens (including phenoxy) is 2. The first-order valence-corrected chi connectivity index (χ1v) is 7.97. The fraction of sp³-hybridized carbons (Fsp3) is 0.250. The summed E-state index contributed by atoms with van der Waals surface area (Å²) in [6, 6.07) is 12.0. The van der Waals surface area contributed by atoms with Gasteiger partial charge < -0.3 is 14.8 Å². The highest BCUT2D eigenvalue weighted by Gasteiger charge is 2.15. The largest absolute Gasteiger partial charge is 0.489 e. The van der Waals surface area contributed by atoms with E-state index in [9.17, 15) is 0 Å². The Hall–Kier alpha value is -1.39. The average Bonchev–Trinajstić information content (AvgIpc) is 2.72. The number of fused-ring (bicyclic) bond motifs is 1. The average molecular weight is 369 g/mol. The highest BCUT2D eigenvalue weighted by Crippen LogP contribution is 2.38. The van der Waals surface area contributed by atoms with Gasteiger partial charge in [-0.25, -0.2) is 0 Å². The second-order valence-electron chi connectivity index (χ2n) is 4.82. The Morgan fingerprint density at radius 1 is 1.10 bits per heavy atom. The molecule has 0 amide bonds. The summed E-state index contributed by atoms with van der Waals surface area (Å²) in [5.74, 6) is 1.38. The lowest BCUT2D eigenvalue weighted by molar-refractivity contribution is 0.297. The maximum Gasteiger partial charge on any atom is 0.179 e. The fourth-order valence-corrected chi connectivity index (χ4v) is 2.71. The van der Waals surface area contributed by atoms with Crippen molar-refractivity contribution >= 4 is 33.2 Å².